The maximum absolute atomic E-state index is 12.2. The highest BCUT2D eigenvalue weighted by Gasteiger charge is 2.16. The van der Waals surface area contributed by atoms with E-state index in [1.54, 1.807) is 0 Å². The van der Waals surface area contributed by atoms with E-state index in [2.05, 4.69) is 4.98 Å². The molecule has 0 aliphatic carbocycles. The summed E-state index contributed by atoms with van der Waals surface area (Å²) in [5.41, 5.74) is 4.34. The molecule has 0 saturated heterocycles. The highest BCUT2D eigenvalue weighted by atomic mass is 35.5. The zero-order chi connectivity index (χ0) is 10.0. The molecule has 0 radical (unpaired) electrons. The molecule has 0 atom stereocenters. The molecule has 6 heteroatoms. The maximum atomic E-state index is 12.2. The van der Waals surface area contributed by atoms with Crippen LogP contribution in [0.5, 0.6) is 0 Å². The van der Waals surface area contributed by atoms with Gasteiger partial charge in [-0.2, -0.15) is 5.26 Å². The molecule has 13 heavy (non-hydrogen) atoms. The van der Waals surface area contributed by atoms with Crippen LogP contribution in [0.3, 0.4) is 0 Å². The molecule has 0 unspecified atom stereocenters. The molecule has 2 N–H and O–H groups in total. The van der Waals surface area contributed by atoms with Gasteiger partial charge in [-0.25, -0.2) is 13.8 Å². The quantitative estimate of drug-likeness (QED) is 0.761. The Bertz CT molecular complexity index is 373. The van der Waals surface area contributed by atoms with Gasteiger partial charge in [0.25, 0.3) is 6.43 Å². The van der Waals surface area contributed by atoms with Gasteiger partial charge in [0.15, 0.2) is 5.69 Å². The molecule has 0 aromatic carbocycles. The summed E-state index contributed by atoms with van der Waals surface area (Å²) in [6.07, 6.45) is -2.78. The number of aromatic nitrogens is 1. The lowest BCUT2D eigenvalue weighted by molar-refractivity contribution is 0.150. The van der Waals surface area contributed by atoms with Crippen molar-refractivity contribution in [1.82, 2.24) is 4.98 Å². The number of pyridine rings is 1. The van der Waals surface area contributed by atoms with Crippen molar-refractivity contribution in [2.24, 2.45) is 0 Å². The Hall–Kier alpha value is -1.41. The number of hydrogen-bond donors (Lipinski definition) is 1. The van der Waals surface area contributed by atoms with Crippen LogP contribution in [-0.2, 0) is 0 Å². The van der Waals surface area contributed by atoms with E-state index < -0.39 is 17.7 Å². The molecular weight excluding hydrogens is 200 g/mol. The molecule has 0 aliphatic rings. The van der Waals surface area contributed by atoms with Crippen molar-refractivity contribution in [3.05, 3.63) is 22.3 Å². The molecular formula is C7H4ClF2N3. The first-order valence-electron chi connectivity index (χ1n) is 3.20. The van der Waals surface area contributed by atoms with E-state index in [1.165, 1.54) is 6.07 Å². The summed E-state index contributed by atoms with van der Waals surface area (Å²) in [5.74, 6) is -0.123. The SMILES string of the molecule is N#Cc1nc(N)c(Cl)cc1C(F)F. The van der Waals surface area contributed by atoms with Gasteiger partial charge in [0.1, 0.15) is 11.9 Å². The van der Waals surface area contributed by atoms with Crippen LogP contribution in [0.2, 0.25) is 5.02 Å². The van der Waals surface area contributed by atoms with Gasteiger partial charge in [0, 0.05) is 0 Å². The third-order valence-corrected chi connectivity index (χ3v) is 1.68. The Morgan fingerprint density at radius 2 is 2.23 bits per heavy atom. The molecule has 1 heterocycles. The normalized spacial score (nSPS) is 10.1. The largest absolute Gasteiger partial charge is 0.382 e. The summed E-state index contributed by atoms with van der Waals surface area (Å²) >= 11 is 5.46. The Morgan fingerprint density at radius 1 is 1.62 bits per heavy atom. The zero-order valence-corrected chi connectivity index (χ0v) is 7.02. The van der Waals surface area contributed by atoms with Crippen LogP contribution in [-0.4, -0.2) is 4.98 Å². The van der Waals surface area contributed by atoms with Gasteiger partial charge in [0.05, 0.1) is 10.6 Å². The van der Waals surface area contributed by atoms with Gasteiger partial charge < -0.3 is 5.73 Å². The number of hydrogen-bond acceptors (Lipinski definition) is 3. The number of rotatable bonds is 1. The first kappa shape index (κ1) is 9.68. The fraction of sp³-hybridized carbons (Fsp3) is 0.143. The molecule has 1 aromatic heterocycles. The first-order valence-corrected chi connectivity index (χ1v) is 3.58. The summed E-state index contributed by atoms with van der Waals surface area (Å²) in [6, 6.07) is 2.47. The van der Waals surface area contributed by atoms with E-state index in [9.17, 15) is 8.78 Å². The molecule has 1 rings (SSSR count). The Balaban J connectivity index is 3.35. The number of nitrogens with zero attached hydrogens (tertiary/aromatic N) is 2. The first-order chi connectivity index (χ1) is 6.06. The van der Waals surface area contributed by atoms with Crippen LogP contribution in [0.1, 0.15) is 17.7 Å². The van der Waals surface area contributed by atoms with Gasteiger partial charge in [-0.05, 0) is 6.07 Å². The lowest BCUT2D eigenvalue weighted by atomic mass is 10.2. The van der Waals surface area contributed by atoms with E-state index in [0.29, 0.717) is 0 Å². The van der Waals surface area contributed by atoms with E-state index >= 15 is 0 Å². The molecule has 0 aliphatic heterocycles. The maximum Gasteiger partial charge on any atom is 0.266 e. The number of nitriles is 1. The van der Waals surface area contributed by atoms with Crippen LogP contribution >= 0.6 is 11.6 Å². The summed E-state index contributed by atoms with van der Waals surface area (Å²) in [4.78, 5) is 3.42. The summed E-state index contributed by atoms with van der Waals surface area (Å²) < 4.78 is 24.5. The minimum absolute atomic E-state index is 0.0747. The van der Waals surface area contributed by atoms with Gasteiger partial charge in [-0.3, -0.25) is 0 Å². The molecule has 1 aromatic rings. The average Bonchev–Trinajstić information content (AvgIpc) is 2.08. The second kappa shape index (κ2) is 3.54. The second-order valence-corrected chi connectivity index (χ2v) is 2.61. The number of anilines is 1. The van der Waals surface area contributed by atoms with Crippen molar-refractivity contribution >= 4 is 17.4 Å². The van der Waals surface area contributed by atoms with Gasteiger partial charge in [-0.15, -0.1) is 0 Å². The van der Waals surface area contributed by atoms with Crippen molar-refractivity contribution in [3.63, 3.8) is 0 Å². The highest BCUT2D eigenvalue weighted by molar-refractivity contribution is 6.32. The van der Waals surface area contributed by atoms with Crippen molar-refractivity contribution < 1.29 is 8.78 Å². The van der Waals surface area contributed by atoms with Gasteiger partial charge in [-0.1, -0.05) is 11.6 Å². The molecule has 0 bridgehead atoms. The van der Waals surface area contributed by atoms with E-state index in [-0.39, 0.29) is 10.8 Å². The van der Waals surface area contributed by atoms with Crippen molar-refractivity contribution in [1.29, 1.82) is 5.26 Å². The molecule has 0 spiro atoms. The monoisotopic (exact) mass is 203 g/mol. The predicted octanol–water partition coefficient (Wildman–Crippen LogP) is 2.13. The zero-order valence-electron chi connectivity index (χ0n) is 6.26. The van der Waals surface area contributed by atoms with Crippen LogP contribution in [0.25, 0.3) is 0 Å². The van der Waals surface area contributed by atoms with Crippen LogP contribution in [0.15, 0.2) is 6.07 Å². The lowest BCUT2D eigenvalue weighted by Gasteiger charge is -2.03. The molecule has 0 fully saturated rings. The average molecular weight is 204 g/mol. The van der Waals surface area contributed by atoms with Crippen LogP contribution in [0, 0.1) is 11.3 Å². The van der Waals surface area contributed by atoms with Crippen molar-refractivity contribution in [2.45, 2.75) is 6.43 Å². The Kier molecular flexibility index (Phi) is 2.63. The Morgan fingerprint density at radius 3 is 2.69 bits per heavy atom. The minimum Gasteiger partial charge on any atom is -0.382 e. The molecule has 0 saturated carbocycles. The van der Waals surface area contributed by atoms with Crippen molar-refractivity contribution in [2.75, 3.05) is 5.73 Å². The summed E-state index contributed by atoms with van der Waals surface area (Å²) in [6.45, 7) is 0. The topological polar surface area (TPSA) is 62.7 Å². The number of halogens is 3. The minimum atomic E-state index is -2.78. The summed E-state index contributed by atoms with van der Waals surface area (Å²) in [7, 11) is 0. The Labute approximate surface area is 77.7 Å². The molecule has 0 amide bonds. The van der Waals surface area contributed by atoms with Crippen molar-refractivity contribution in [3.8, 4) is 6.07 Å². The second-order valence-electron chi connectivity index (χ2n) is 2.21. The van der Waals surface area contributed by atoms with E-state index in [1.807, 2.05) is 0 Å². The molecule has 3 nitrogen and oxygen atoms in total. The smallest absolute Gasteiger partial charge is 0.266 e. The molecule has 68 valence electrons. The van der Waals surface area contributed by atoms with Gasteiger partial charge in [0.2, 0.25) is 0 Å². The van der Waals surface area contributed by atoms with Gasteiger partial charge >= 0.3 is 0 Å². The standard InChI is InChI=1S/C7H4ClF2N3/c8-4-1-3(6(9)10)5(2-11)13-7(4)12/h1,6H,(H2,12,13). The van der Waals surface area contributed by atoms with Crippen LogP contribution in [0.4, 0.5) is 14.6 Å². The van der Waals surface area contributed by atoms with E-state index in [4.69, 9.17) is 22.6 Å². The van der Waals surface area contributed by atoms with Crippen LogP contribution < -0.4 is 5.73 Å². The lowest BCUT2D eigenvalue weighted by Crippen LogP contribution is -1.99. The number of nitrogens with two attached hydrogens (primary N) is 1. The highest BCUT2D eigenvalue weighted by Crippen LogP contribution is 2.27. The fourth-order valence-corrected chi connectivity index (χ4v) is 0.933. The number of alkyl halides is 2. The summed E-state index contributed by atoms with van der Waals surface area (Å²) in [5, 5.41) is 8.36. The number of nitrogen functional groups attached to an aromatic ring is 1. The van der Waals surface area contributed by atoms with E-state index in [0.717, 1.165) is 6.07 Å². The predicted molar refractivity (Wildman–Crippen MR) is 43.3 cm³/mol. The third-order valence-electron chi connectivity index (χ3n) is 1.37. The third kappa shape index (κ3) is 1.84. The fourth-order valence-electron chi connectivity index (χ4n) is 0.773.